The number of hydrogen-bond acceptors (Lipinski definition) is 3. The third-order valence-corrected chi connectivity index (χ3v) is 3.75. The molecule has 5 nitrogen and oxygen atoms in total. The fourth-order valence-electron chi connectivity index (χ4n) is 2.33. The van der Waals surface area contributed by atoms with Crippen molar-refractivity contribution in [2.24, 2.45) is 0 Å². The molecule has 1 aromatic carbocycles. The van der Waals surface area contributed by atoms with Gasteiger partial charge in [0.25, 0.3) is 5.91 Å². The number of methoxy groups -OCH3 is 1. The Labute approximate surface area is 131 Å². The van der Waals surface area contributed by atoms with Gasteiger partial charge in [-0.15, -0.1) is 0 Å². The van der Waals surface area contributed by atoms with Crippen molar-refractivity contribution < 1.29 is 14.3 Å². The maximum atomic E-state index is 12.2. The van der Waals surface area contributed by atoms with Crippen molar-refractivity contribution in [3.63, 3.8) is 0 Å². The zero-order chi connectivity index (χ0) is 15.9. The van der Waals surface area contributed by atoms with Gasteiger partial charge in [0.15, 0.2) is 0 Å². The minimum atomic E-state index is -0.0444. The van der Waals surface area contributed by atoms with Gasteiger partial charge in [-0.1, -0.05) is 0 Å². The summed E-state index contributed by atoms with van der Waals surface area (Å²) in [5.74, 6) is -0.0444. The Bertz CT molecular complexity index is 634. The third-order valence-electron chi connectivity index (χ3n) is 3.75. The third kappa shape index (κ3) is 4.08. The quantitative estimate of drug-likeness (QED) is 0.737. The molecule has 1 amide bonds. The highest BCUT2D eigenvalue weighted by atomic mass is 16.5. The minimum absolute atomic E-state index is 0.0444. The van der Waals surface area contributed by atoms with E-state index in [0.29, 0.717) is 31.9 Å². The van der Waals surface area contributed by atoms with Crippen LogP contribution >= 0.6 is 0 Å². The van der Waals surface area contributed by atoms with E-state index >= 15 is 0 Å². The molecule has 0 aliphatic carbocycles. The zero-order valence-electron chi connectivity index (χ0n) is 13.5. The summed E-state index contributed by atoms with van der Waals surface area (Å²) < 4.78 is 10.3. The van der Waals surface area contributed by atoms with Gasteiger partial charge in [0.2, 0.25) is 0 Å². The van der Waals surface area contributed by atoms with E-state index in [4.69, 9.17) is 9.47 Å². The highest BCUT2D eigenvalue weighted by Gasteiger charge is 2.09. The molecule has 0 unspecified atom stereocenters. The molecule has 0 radical (unpaired) electrons. The Kier molecular flexibility index (Phi) is 5.98. The maximum Gasteiger partial charge on any atom is 0.251 e. The molecule has 0 saturated heterocycles. The van der Waals surface area contributed by atoms with E-state index < -0.39 is 0 Å². The number of rotatable bonds is 8. The molecule has 2 N–H and O–H groups in total. The van der Waals surface area contributed by atoms with E-state index in [1.54, 1.807) is 7.11 Å². The SMILES string of the molecule is COCCOCCCNC(=O)c1ccc2[nH]c(C)c(C)c2c1. The number of hydrogen-bond donors (Lipinski definition) is 2. The molecule has 0 atom stereocenters. The number of amides is 1. The average Bonchev–Trinajstić information content (AvgIpc) is 2.80. The predicted octanol–water partition coefficient (Wildman–Crippen LogP) is 2.57. The normalized spacial score (nSPS) is 11.0. The molecule has 5 heteroatoms. The molecule has 1 aromatic heterocycles. The number of nitrogens with one attached hydrogen (secondary N) is 2. The molecule has 0 spiro atoms. The van der Waals surface area contributed by atoms with Crippen LogP contribution in [-0.2, 0) is 9.47 Å². The van der Waals surface area contributed by atoms with Crippen LogP contribution in [0.4, 0.5) is 0 Å². The van der Waals surface area contributed by atoms with E-state index in [9.17, 15) is 4.79 Å². The summed E-state index contributed by atoms with van der Waals surface area (Å²) in [6.07, 6.45) is 0.792. The van der Waals surface area contributed by atoms with Crippen LogP contribution < -0.4 is 5.32 Å². The van der Waals surface area contributed by atoms with Gasteiger partial charge in [-0.3, -0.25) is 4.79 Å². The summed E-state index contributed by atoms with van der Waals surface area (Å²) in [6.45, 7) is 6.52. The van der Waals surface area contributed by atoms with Crippen LogP contribution in [-0.4, -0.2) is 44.4 Å². The minimum Gasteiger partial charge on any atom is -0.382 e. The summed E-state index contributed by atoms with van der Waals surface area (Å²) in [7, 11) is 1.65. The molecule has 0 fully saturated rings. The number of carbonyl (C=O) groups is 1. The van der Waals surface area contributed by atoms with E-state index in [1.165, 1.54) is 5.56 Å². The Morgan fingerprint density at radius 3 is 2.82 bits per heavy atom. The van der Waals surface area contributed by atoms with Gasteiger partial charge in [0, 0.05) is 42.4 Å². The van der Waals surface area contributed by atoms with Crippen molar-refractivity contribution in [2.75, 3.05) is 33.5 Å². The Morgan fingerprint density at radius 2 is 2.05 bits per heavy atom. The molecule has 2 aromatic rings. The van der Waals surface area contributed by atoms with Crippen molar-refractivity contribution in [1.82, 2.24) is 10.3 Å². The first-order valence-corrected chi connectivity index (χ1v) is 7.57. The number of ether oxygens (including phenoxy) is 2. The van der Waals surface area contributed by atoms with Crippen molar-refractivity contribution in [3.05, 3.63) is 35.0 Å². The molecule has 2 rings (SSSR count). The lowest BCUT2D eigenvalue weighted by molar-refractivity contribution is 0.0688. The standard InChI is InChI=1S/C17H24N2O3/c1-12-13(2)19-16-6-5-14(11-15(12)16)17(20)18-7-4-8-22-10-9-21-3/h5-6,11,19H,4,7-10H2,1-3H3,(H,18,20). The fourth-order valence-corrected chi connectivity index (χ4v) is 2.33. The highest BCUT2D eigenvalue weighted by molar-refractivity contribution is 5.99. The number of benzene rings is 1. The Morgan fingerprint density at radius 1 is 1.23 bits per heavy atom. The molecular formula is C17H24N2O3. The van der Waals surface area contributed by atoms with Crippen molar-refractivity contribution in [3.8, 4) is 0 Å². The van der Waals surface area contributed by atoms with Crippen LogP contribution in [0, 0.1) is 13.8 Å². The summed E-state index contributed by atoms with van der Waals surface area (Å²) in [4.78, 5) is 15.5. The lowest BCUT2D eigenvalue weighted by atomic mass is 10.1. The maximum absolute atomic E-state index is 12.2. The van der Waals surface area contributed by atoms with Crippen LogP contribution in [0.15, 0.2) is 18.2 Å². The van der Waals surface area contributed by atoms with E-state index in [-0.39, 0.29) is 5.91 Å². The number of carbonyl (C=O) groups excluding carboxylic acids is 1. The van der Waals surface area contributed by atoms with E-state index in [2.05, 4.69) is 17.2 Å². The highest BCUT2D eigenvalue weighted by Crippen LogP contribution is 2.22. The first-order valence-electron chi connectivity index (χ1n) is 7.57. The number of H-pyrrole nitrogens is 1. The summed E-state index contributed by atoms with van der Waals surface area (Å²) in [5, 5.41) is 4.03. The van der Waals surface area contributed by atoms with E-state index in [0.717, 1.165) is 23.0 Å². The van der Waals surface area contributed by atoms with Gasteiger partial charge >= 0.3 is 0 Å². The number of fused-ring (bicyclic) bond motifs is 1. The second-order valence-corrected chi connectivity index (χ2v) is 5.35. The second-order valence-electron chi connectivity index (χ2n) is 5.35. The predicted molar refractivity (Wildman–Crippen MR) is 87.4 cm³/mol. The van der Waals surface area contributed by atoms with Crippen molar-refractivity contribution >= 4 is 16.8 Å². The molecule has 22 heavy (non-hydrogen) atoms. The topological polar surface area (TPSA) is 63.4 Å². The van der Waals surface area contributed by atoms with Crippen molar-refractivity contribution in [2.45, 2.75) is 20.3 Å². The largest absolute Gasteiger partial charge is 0.382 e. The van der Waals surface area contributed by atoms with Gasteiger partial charge in [-0.2, -0.15) is 0 Å². The molecule has 0 saturated carbocycles. The lowest BCUT2D eigenvalue weighted by Crippen LogP contribution is -2.25. The smallest absolute Gasteiger partial charge is 0.251 e. The van der Waals surface area contributed by atoms with Gasteiger partial charge < -0.3 is 19.8 Å². The molecule has 1 heterocycles. The van der Waals surface area contributed by atoms with Crippen LogP contribution in [0.1, 0.15) is 28.0 Å². The van der Waals surface area contributed by atoms with Crippen molar-refractivity contribution in [1.29, 1.82) is 0 Å². The molecular weight excluding hydrogens is 280 g/mol. The zero-order valence-corrected chi connectivity index (χ0v) is 13.5. The number of aromatic amines is 1. The van der Waals surface area contributed by atoms with Crippen LogP contribution in [0.5, 0.6) is 0 Å². The first kappa shape index (κ1) is 16.5. The first-order chi connectivity index (χ1) is 10.6. The Hall–Kier alpha value is -1.85. The summed E-state index contributed by atoms with van der Waals surface area (Å²) in [6, 6.07) is 5.75. The van der Waals surface area contributed by atoms with Gasteiger partial charge in [-0.05, 0) is 44.0 Å². The second kappa shape index (κ2) is 7.96. The molecule has 0 aliphatic heterocycles. The van der Waals surface area contributed by atoms with Crippen LogP contribution in [0.25, 0.3) is 10.9 Å². The van der Waals surface area contributed by atoms with Gasteiger partial charge in [0.1, 0.15) is 0 Å². The Balaban J connectivity index is 1.84. The fraction of sp³-hybridized carbons (Fsp3) is 0.471. The monoisotopic (exact) mass is 304 g/mol. The van der Waals surface area contributed by atoms with Crippen LogP contribution in [0.2, 0.25) is 0 Å². The number of aromatic nitrogens is 1. The number of aryl methyl sites for hydroxylation is 2. The van der Waals surface area contributed by atoms with Gasteiger partial charge in [-0.25, -0.2) is 0 Å². The summed E-state index contributed by atoms with van der Waals surface area (Å²) >= 11 is 0. The molecule has 120 valence electrons. The average molecular weight is 304 g/mol. The summed E-state index contributed by atoms with van der Waals surface area (Å²) in [5.41, 5.74) is 4.09. The lowest BCUT2D eigenvalue weighted by Gasteiger charge is -2.06. The molecule has 0 bridgehead atoms. The van der Waals surface area contributed by atoms with Gasteiger partial charge in [0.05, 0.1) is 13.2 Å². The van der Waals surface area contributed by atoms with Crippen LogP contribution in [0.3, 0.4) is 0 Å². The molecule has 0 aliphatic rings. The van der Waals surface area contributed by atoms with E-state index in [1.807, 2.05) is 25.1 Å².